The highest BCUT2D eigenvalue weighted by Gasteiger charge is 2.26. The van der Waals surface area contributed by atoms with Crippen LogP contribution in [0.2, 0.25) is 0 Å². The number of nitrogens with zero attached hydrogens (tertiary/aromatic N) is 1. The fraction of sp³-hybridized carbons (Fsp3) is 0.208. The molecule has 6 nitrogen and oxygen atoms in total. The van der Waals surface area contributed by atoms with Crippen molar-refractivity contribution in [1.29, 1.82) is 0 Å². The second kappa shape index (κ2) is 8.91. The van der Waals surface area contributed by atoms with Gasteiger partial charge in [-0.15, -0.1) is 0 Å². The van der Waals surface area contributed by atoms with Crippen molar-refractivity contribution in [3.8, 4) is 16.9 Å². The molecule has 1 fully saturated rings. The lowest BCUT2D eigenvalue weighted by atomic mass is 10.0. The number of carbonyl (C=O) groups excluding carboxylic acids is 1. The summed E-state index contributed by atoms with van der Waals surface area (Å²) in [6.07, 6.45) is 2.72. The summed E-state index contributed by atoms with van der Waals surface area (Å²) in [4.78, 5) is 12.9. The Kier molecular flexibility index (Phi) is 6.06. The van der Waals surface area contributed by atoms with Gasteiger partial charge in [0.1, 0.15) is 5.75 Å². The highest BCUT2D eigenvalue weighted by Crippen LogP contribution is 2.30. The van der Waals surface area contributed by atoms with Crippen LogP contribution in [0.4, 0.5) is 5.69 Å². The monoisotopic (exact) mass is 436 g/mol. The van der Waals surface area contributed by atoms with Gasteiger partial charge in [-0.3, -0.25) is 4.79 Å². The van der Waals surface area contributed by atoms with Gasteiger partial charge in [-0.05, 0) is 54.3 Å². The third-order valence-corrected chi connectivity index (χ3v) is 7.30. The molecule has 0 bridgehead atoms. The van der Waals surface area contributed by atoms with Gasteiger partial charge in [0.05, 0.1) is 10.6 Å². The summed E-state index contributed by atoms with van der Waals surface area (Å²) in [6, 6.07) is 20.6. The fourth-order valence-electron chi connectivity index (χ4n) is 3.69. The van der Waals surface area contributed by atoms with Crippen LogP contribution in [0.25, 0.3) is 11.1 Å². The largest absolute Gasteiger partial charge is 0.506 e. The maximum Gasteiger partial charge on any atom is 0.255 e. The Morgan fingerprint density at radius 1 is 0.839 bits per heavy atom. The van der Waals surface area contributed by atoms with Crippen LogP contribution in [0.3, 0.4) is 0 Å². The molecule has 0 radical (unpaired) electrons. The van der Waals surface area contributed by atoms with Crippen LogP contribution in [0.5, 0.6) is 5.75 Å². The highest BCUT2D eigenvalue weighted by molar-refractivity contribution is 7.89. The van der Waals surface area contributed by atoms with Gasteiger partial charge in [-0.1, -0.05) is 48.9 Å². The van der Waals surface area contributed by atoms with E-state index in [0.29, 0.717) is 13.1 Å². The van der Waals surface area contributed by atoms with Gasteiger partial charge >= 0.3 is 0 Å². The third kappa shape index (κ3) is 4.62. The first-order valence-corrected chi connectivity index (χ1v) is 11.7. The maximum absolute atomic E-state index is 12.9. The molecule has 0 saturated carbocycles. The van der Waals surface area contributed by atoms with Gasteiger partial charge < -0.3 is 10.4 Å². The Hall–Kier alpha value is -3.16. The number of anilines is 1. The van der Waals surface area contributed by atoms with E-state index in [1.54, 1.807) is 24.3 Å². The minimum absolute atomic E-state index is 0.0647. The summed E-state index contributed by atoms with van der Waals surface area (Å²) in [6.45, 7) is 0.998. The molecule has 31 heavy (non-hydrogen) atoms. The molecule has 0 aliphatic carbocycles. The first kappa shape index (κ1) is 21.1. The maximum atomic E-state index is 12.9. The minimum Gasteiger partial charge on any atom is -0.506 e. The van der Waals surface area contributed by atoms with Crippen LogP contribution in [-0.2, 0) is 10.0 Å². The molecule has 2 N–H and O–H groups in total. The van der Waals surface area contributed by atoms with Crippen molar-refractivity contribution in [2.24, 2.45) is 0 Å². The third-order valence-electron chi connectivity index (χ3n) is 5.40. The minimum atomic E-state index is -3.64. The van der Waals surface area contributed by atoms with Gasteiger partial charge in [0, 0.05) is 18.7 Å². The van der Waals surface area contributed by atoms with Crippen molar-refractivity contribution < 1.29 is 18.3 Å². The first-order chi connectivity index (χ1) is 14.9. The van der Waals surface area contributed by atoms with Crippen molar-refractivity contribution >= 4 is 21.6 Å². The number of phenolic OH excluding ortho intramolecular Hbond substituents is 1. The number of sulfonamides is 1. The summed E-state index contributed by atoms with van der Waals surface area (Å²) in [5, 5.41) is 12.9. The molecule has 3 aromatic carbocycles. The predicted molar refractivity (Wildman–Crippen MR) is 121 cm³/mol. The molecule has 4 rings (SSSR count). The summed E-state index contributed by atoms with van der Waals surface area (Å²) in [7, 11) is -3.64. The molecule has 160 valence electrons. The smallest absolute Gasteiger partial charge is 0.255 e. The second-order valence-electron chi connectivity index (χ2n) is 7.54. The number of rotatable bonds is 5. The molecule has 1 heterocycles. The molecule has 1 aliphatic heterocycles. The SMILES string of the molecule is O=C(Nc1cc(-c2ccccc2)ccc1O)c1cccc(S(=O)(=O)N2CCCCC2)c1. The Morgan fingerprint density at radius 2 is 1.58 bits per heavy atom. The van der Waals surface area contributed by atoms with Gasteiger partial charge in [-0.25, -0.2) is 8.42 Å². The van der Waals surface area contributed by atoms with Crippen molar-refractivity contribution in [3.63, 3.8) is 0 Å². The molecular formula is C24H24N2O4S. The zero-order chi connectivity index (χ0) is 21.8. The van der Waals surface area contributed by atoms with Gasteiger partial charge in [-0.2, -0.15) is 4.31 Å². The van der Waals surface area contributed by atoms with Crippen molar-refractivity contribution in [2.45, 2.75) is 24.2 Å². The van der Waals surface area contributed by atoms with E-state index in [1.165, 1.54) is 22.5 Å². The van der Waals surface area contributed by atoms with Crippen LogP contribution < -0.4 is 5.32 Å². The van der Waals surface area contributed by atoms with E-state index in [0.717, 1.165) is 30.4 Å². The lowest BCUT2D eigenvalue weighted by molar-refractivity contribution is 0.102. The van der Waals surface area contributed by atoms with Gasteiger partial charge in [0.15, 0.2) is 0 Å². The van der Waals surface area contributed by atoms with Gasteiger partial charge in [0.25, 0.3) is 5.91 Å². The normalized spacial score (nSPS) is 14.8. The summed E-state index contributed by atoms with van der Waals surface area (Å²) < 4.78 is 27.3. The Morgan fingerprint density at radius 3 is 2.32 bits per heavy atom. The van der Waals surface area contributed by atoms with Crippen LogP contribution >= 0.6 is 0 Å². The average Bonchev–Trinajstić information content (AvgIpc) is 2.81. The van der Waals surface area contributed by atoms with Gasteiger partial charge in [0.2, 0.25) is 10.0 Å². The van der Waals surface area contributed by atoms with Crippen molar-refractivity contribution in [1.82, 2.24) is 4.31 Å². The number of carbonyl (C=O) groups is 1. The summed E-state index contributed by atoms with van der Waals surface area (Å²) >= 11 is 0. The van der Waals surface area contributed by atoms with E-state index in [2.05, 4.69) is 5.32 Å². The zero-order valence-electron chi connectivity index (χ0n) is 17.0. The predicted octanol–water partition coefficient (Wildman–Crippen LogP) is 4.49. The topological polar surface area (TPSA) is 86.7 Å². The zero-order valence-corrected chi connectivity index (χ0v) is 17.8. The van der Waals surface area contributed by atoms with Crippen LogP contribution in [0.1, 0.15) is 29.6 Å². The van der Waals surface area contributed by atoms with E-state index in [-0.39, 0.29) is 21.9 Å². The van der Waals surface area contributed by atoms with E-state index in [9.17, 15) is 18.3 Å². The van der Waals surface area contributed by atoms with Crippen molar-refractivity contribution in [3.05, 3.63) is 78.4 Å². The number of piperidine rings is 1. The molecule has 3 aromatic rings. The van der Waals surface area contributed by atoms with E-state index >= 15 is 0 Å². The fourth-order valence-corrected chi connectivity index (χ4v) is 5.26. The van der Waals surface area contributed by atoms with E-state index in [1.807, 2.05) is 30.3 Å². The number of nitrogens with one attached hydrogen (secondary N) is 1. The Labute approximate surface area is 182 Å². The summed E-state index contributed by atoms with van der Waals surface area (Å²) in [5.74, 6) is -0.554. The number of hydrogen-bond acceptors (Lipinski definition) is 4. The molecule has 0 atom stereocenters. The number of amides is 1. The molecule has 0 unspecified atom stereocenters. The molecule has 1 amide bonds. The summed E-state index contributed by atoms with van der Waals surface area (Å²) in [5.41, 5.74) is 2.26. The lowest BCUT2D eigenvalue weighted by Crippen LogP contribution is -2.35. The molecule has 0 aromatic heterocycles. The molecule has 1 saturated heterocycles. The van der Waals surface area contributed by atoms with Crippen LogP contribution in [0.15, 0.2) is 77.7 Å². The molecule has 1 aliphatic rings. The number of hydrogen-bond donors (Lipinski definition) is 2. The highest BCUT2D eigenvalue weighted by atomic mass is 32.2. The van der Waals surface area contributed by atoms with E-state index < -0.39 is 15.9 Å². The Bertz CT molecular complexity index is 1190. The first-order valence-electron chi connectivity index (χ1n) is 10.3. The quantitative estimate of drug-likeness (QED) is 0.577. The number of aromatic hydroxyl groups is 1. The lowest BCUT2D eigenvalue weighted by Gasteiger charge is -2.26. The van der Waals surface area contributed by atoms with Crippen LogP contribution in [-0.4, -0.2) is 36.8 Å². The number of phenols is 1. The second-order valence-corrected chi connectivity index (χ2v) is 9.48. The molecule has 7 heteroatoms. The standard InChI is InChI=1S/C24H24N2O4S/c27-23-13-12-19(18-8-3-1-4-9-18)17-22(23)25-24(28)20-10-7-11-21(16-20)31(29,30)26-14-5-2-6-15-26/h1,3-4,7-13,16-17,27H,2,5-6,14-15H2,(H,25,28). The van der Waals surface area contributed by atoms with E-state index in [4.69, 9.17) is 0 Å². The molecule has 0 spiro atoms. The molecular weight excluding hydrogens is 412 g/mol. The Balaban J connectivity index is 1.58. The number of benzene rings is 3. The average molecular weight is 437 g/mol. The van der Waals surface area contributed by atoms with Crippen molar-refractivity contribution in [2.75, 3.05) is 18.4 Å². The van der Waals surface area contributed by atoms with Crippen LogP contribution in [0, 0.1) is 0 Å².